The van der Waals surface area contributed by atoms with Crippen LogP contribution in [0.4, 0.5) is 14.5 Å². The van der Waals surface area contributed by atoms with Gasteiger partial charge in [-0.15, -0.1) is 0 Å². The molecule has 1 aliphatic rings. The van der Waals surface area contributed by atoms with Crippen molar-refractivity contribution in [2.24, 2.45) is 0 Å². The van der Waals surface area contributed by atoms with E-state index in [9.17, 15) is 13.6 Å². The predicted octanol–water partition coefficient (Wildman–Crippen LogP) is 3.84. The van der Waals surface area contributed by atoms with E-state index in [1.165, 1.54) is 13.0 Å². The molecule has 1 aliphatic heterocycles. The van der Waals surface area contributed by atoms with E-state index in [4.69, 9.17) is 15.0 Å². The molecule has 8 heteroatoms. The van der Waals surface area contributed by atoms with Crippen molar-refractivity contribution in [1.29, 1.82) is 0 Å². The second-order valence-corrected chi connectivity index (χ2v) is 8.14. The molecule has 4 nitrogen and oxygen atoms in total. The van der Waals surface area contributed by atoms with Crippen LogP contribution in [-0.4, -0.2) is 29.2 Å². The van der Waals surface area contributed by atoms with Crippen LogP contribution < -0.4 is 5.73 Å². The fourth-order valence-electron chi connectivity index (χ4n) is 2.28. The summed E-state index contributed by atoms with van der Waals surface area (Å²) in [6.07, 6.45) is 1.34. The number of hydrogen-bond acceptors (Lipinski definition) is 5. The average Bonchev–Trinajstić information content (AvgIpc) is 2.65. The van der Waals surface area contributed by atoms with Gasteiger partial charge in [0.15, 0.2) is 5.12 Å². The molecular weight excluding hydrogens is 347 g/mol. The molecule has 0 unspecified atom stereocenters. The van der Waals surface area contributed by atoms with Crippen molar-refractivity contribution in [1.82, 2.24) is 0 Å². The normalized spacial score (nSPS) is 19.3. The van der Waals surface area contributed by atoms with E-state index in [1.54, 1.807) is 0 Å². The molecular formula is C17H22BF2NO3S. The number of carbonyl (C=O) groups excluding carboxylic acids is 1. The van der Waals surface area contributed by atoms with Gasteiger partial charge in [0.1, 0.15) is 11.6 Å². The Balaban J connectivity index is 2.42. The lowest BCUT2D eigenvalue weighted by Gasteiger charge is -2.32. The Hall–Kier alpha value is -1.38. The number of nitrogen functional groups attached to an aromatic ring is 1. The summed E-state index contributed by atoms with van der Waals surface area (Å²) < 4.78 is 40.2. The van der Waals surface area contributed by atoms with E-state index in [0.717, 1.165) is 23.9 Å². The highest BCUT2D eigenvalue weighted by atomic mass is 32.2. The van der Waals surface area contributed by atoms with Crippen molar-refractivity contribution < 1.29 is 22.9 Å². The molecule has 0 aromatic heterocycles. The highest BCUT2D eigenvalue weighted by Gasteiger charge is 2.52. The number of benzene rings is 1. The van der Waals surface area contributed by atoms with Crippen molar-refractivity contribution in [2.75, 3.05) is 11.5 Å². The van der Waals surface area contributed by atoms with Crippen LogP contribution in [-0.2, 0) is 14.1 Å². The first-order valence-corrected chi connectivity index (χ1v) is 8.85. The molecule has 136 valence electrons. The molecule has 0 saturated carbocycles. The lowest BCUT2D eigenvalue weighted by atomic mass is 9.78. The largest absolute Gasteiger partial charge is 0.491 e. The maximum atomic E-state index is 14.1. The minimum Gasteiger partial charge on any atom is -0.400 e. The Labute approximate surface area is 151 Å². The van der Waals surface area contributed by atoms with Crippen LogP contribution in [0.15, 0.2) is 17.6 Å². The van der Waals surface area contributed by atoms with Crippen molar-refractivity contribution in [2.45, 2.75) is 45.8 Å². The Morgan fingerprint density at radius 3 is 2.12 bits per heavy atom. The van der Waals surface area contributed by atoms with Crippen LogP contribution in [0.2, 0.25) is 0 Å². The lowest BCUT2D eigenvalue weighted by molar-refractivity contribution is -0.109. The van der Waals surface area contributed by atoms with E-state index in [2.05, 4.69) is 0 Å². The monoisotopic (exact) mass is 369 g/mol. The number of halogens is 2. The topological polar surface area (TPSA) is 61.6 Å². The van der Waals surface area contributed by atoms with Crippen LogP contribution in [0.3, 0.4) is 0 Å². The molecule has 1 aromatic rings. The lowest BCUT2D eigenvalue weighted by Crippen LogP contribution is -2.41. The smallest absolute Gasteiger partial charge is 0.400 e. The van der Waals surface area contributed by atoms with Gasteiger partial charge in [0.2, 0.25) is 0 Å². The maximum Gasteiger partial charge on any atom is 0.491 e. The number of thioether (sulfide) groups is 1. The number of rotatable bonds is 4. The first kappa shape index (κ1) is 19.9. The number of hydrogen-bond donors (Lipinski definition) is 1. The van der Waals surface area contributed by atoms with Crippen molar-refractivity contribution in [3.8, 4) is 0 Å². The minimum absolute atomic E-state index is 0.00226. The SMILES string of the molecule is CC(=O)SCC(=Cc1c(F)cc(N)cc1F)B1OC(C)(C)C(C)(C)O1. The molecule has 0 radical (unpaired) electrons. The molecule has 1 fully saturated rings. The van der Waals surface area contributed by atoms with Crippen LogP contribution in [0.1, 0.15) is 40.2 Å². The number of nitrogens with two attached hydrogens (primary N) is 1. The van der Waals surface area contributed by atoms with E-state index in [0.29, 0.717) is 5.47 Å². The Morgan fingerprint density at radius 1 is 1.20 bits per heavy atom. The minimum atomic E-state index is -0.798. The molecule has 0 spiro atoms. The molecule has 2 N–H and O–H groups in total. The fraction of sp³-hybridized carbons (Fsp3) is 0.471. The average molecular weight is 369 g/mol. The predicted molar refractivity (Wildman–Crippen MR) is 98.0 cm³/mol. The van der Waals surface area contributed by atoms with Gasteiger partial charge in [-0.3, -0.25) is 4.79 Å². The van der Waals surface area contributed by atoms with Gasteiger partial charge in [0.25, 0.3) is 0 Å². The van der Waals surface area contributed by atoms with Gasteiger partial charge in [-0.05, 0) is 45.3 Å². The maximum absolute atomic E-state index is 14.1. The third-order valence-corrected chi connectivity index (χ3v) is 5.31. The Bertz CT molecular complexity index is 683. The molecule has 25 heavy (non-hydrogen) atoms. The van der Waals surface area contributed by atoms with E-state index < -0.39 is 30.0 Å². The van der Waals surface area contributed by atoms with E-state index >= 15 is 0 Å². The summed E-state index contributed by atoms with van der Waals surface area (Å²) in [4.78, 5) is 11.3. The van der Waals surface area contributed by atoms with Gasteiger partial charge < -0.3 is 15.0 Å². The Morgan fingerprint density at radius 2 is 1.68 bits per heavy atom. The van der Waals surface area contributed by atoms with Crippen LogP contribution in [0.25, 0.3) is 6.08 Å². The van der Waals surface area contributed by atoms with Gasteiger partial charge in [0.05, 0.1) is 11.2 Å². The molecule has 0 amide bonds. The number of carbonyl (C=O) groups is 1. The van der Waals surface area contributed by atoms with Gasteiger partial charge >= 0.3 is 7.12 Å². The first-order chi connectivity index (χ1) is 11.4. The summed E-state index contributed by atoms with van der Waals surface area (Å²) in [6.45, 7) is 8.96. The van der Waals surface area contributed by atoms with Gasteiger partial charge in [0, 0.05) is 23.9 Å². The van der Waals surface area contributed by atoms with E-state index in [1.807, 2.05) is 27.7 Å². The second kappa shape index (κ2) is 7.09. The zero-order valence-corrected chi connectivity index (χ0v) is 15.8. The molecule has 0 aliphatic carbocycles. The third kappa shape index (κ3) is 4.43. The van der Waals surface area contributed by atoms with Crippen molar-refractivity contribution in [3.05, 3.63) is 34.8 Å². The highest BCUT2D eigenvalue weighted by Crippen LogP contribution is 2.39. The molecule has 1 heterocycles. The molecule has 2 rings (SSSR count). The number of anilines is 1. The van der Waals surface area contributed by atoms with E-state index in [-0.39, 0.29) is 22.1 Å². The van der Waals surface area contributed by atoms with Crippen molar-refractivity contribution >= 4 is 35.8 Å². The summed E-state index contributed by atoms with van der Waals surface area (Å²) in [7, 11) is -0.798. The Kier molecular flexibility index (Phi) is 5.66. The quantitative estimate of drug-likeness (QED) is 0.646. The summed E-state index contributed by atoms with van der Waals surface area (Å²) in [5.74, 6) is -1.35. The zero-order chi connectivity index (χ0) is 19.0. The van der Waals surface area contributed by atoms with Crippen LogP contribution in [0, 0.1) is 11.6 Å². The van der Waals surface area contributed by atoms with Gasteiger partial charge in [-0.25, -0.2) is 8.78 Å². The van der Waals surface area contributed by atoms with Gasteiger partial charge in [-0.2, -0.15) is 0 Å². The third-order valence-electron chi connectivity index (χ3n) is 4.43. The molecule has 1 saturated heterocycles. The first-order valence-electron chi connectivity index (χ1n) is 7.87. The molecule has 0 atom stereocenters. The van der Waals surface area contributed by atoms with Crippen molar-refractivity contribution in [3.63, 3.8) is 0 Å². The zero-order valence-electron chi connectivity index (χ0n) is 15.0. The fourth-order valence-corrected chi connectivity index (χ4v) is 2.87. The summed E-state index contributed by atoms with van der Waals surface area (Å²) in [5, 5.41) is -0.110. The van der Waals surface area contributed by atoms with Crippen LogP contribution >= 0.6 is 11.8 Å². The highest BCUT2D eigenvalue weighted by molar-refractivity contribution is 8.13. The van der Waals surface area contributed by atoms with Crippen LogP contribution in [0.5, 0.6) is 0 Å². The summed E-state index contributed by atoms with van der Waals surface area (Å²) >= 11 is 1.02. The molecule has 1 aromatic carbocycles. The summed E-state index contributed by atoms with van der Waals surface area (Å²) in [5.41, 5.74) is 4.49. The molecule has 0 bridgehead atoms. The standard InChI is InChI=1S/C17H22BF2NO3S/c1-10(22)25-9-11(18-23-16(2,3)17(4,5)24-18)6-13-14(19)7-12(21)8-15(13)20/h6-8H,9,21H2,1-5H3. The second-order valence-electron chi connectivity index (χ2n) is 6.99. The summed E-state index contributed by atoms with van der Waals surface area (Å²) in [6, 6.07) is 2.10. The van der Waals surface area contributed by atoms with Gasteiger partial charge in [-0.1, -0.05) is 17.8 Å².